The fraction of sp³-hybridized carbons (Fsp3) is 1.00. The molecule has 0 bridgehead atoms. The molecule has 0 aliphatic rings. The van der Waals surface area contributed by atoms with Gasteiger partial charge in [-0.15, -0.1) is 0 Å². The van der Waals surface area contributed by atoms with Crippen molar-refractivity contribution in [2.45, 2.75) is 109 Å². The summed E-state index contributed by atoms with van der Waals surface area (Å²) in [6, 6.07) is 0. The second-order valence-electron chi connectivity index (χ2n) is 10.2. The summed E-state index contributed by atoms with van der Waals surface area (Å²) in [4.78, 5) is 0. The SMILES string of the molecule is CC(C)[B]C(C)C(C)(C)CC(C)(C)C(C)(I)[B]C(C)C(C)(C)[B]F. The molecule has 0 aliphatic carbocycles. The fourth-order valence-corrected chi connectivity index (χ4v) is 4.05. The van der Waals surface area contributed by atoms with Gasteiger partial charge < -0.3 is 4.32 Å². The first kappa shape index (κ1) is 24.9. The highest BCUT2D eigenvalue weighted by atomic mass is 127. The molecular formula is C19H38B3FI. The van der Waals surface area contributed by atoms with Crippen LogP contribution in [0.25, 0.3) is 0 Å². The van der Waals surface area contributed by atoms with Gasteiger partial charge in [0.05, 0.1) is 0 Å². The van der Waals surface area contributed by atoms with Crippen molar-refractivity contribution in [2.24, 2.45) is 10.8 Å². The minimum atomic E-state index is -0.420. The van der Waals surface area contributed by atoms with Crippen LogP contribution in [0.15, 0.2) is 0 Å². The Labute approximate surface area is 168 Å². The predicted molar refractivity (Wildman–Crippen MR) is 121 cm³/mol. The van der Waals surface area contributed by atoms with Gasteiger partial charge in [0, 0.05) is 0 Å². The Kier molecular flexibility index (Phi) is 9.01. The van der Waals surface area contributed by atoms with E-state index in [1.165, 1.54) is 0 Å². The van der Waals surface area contributed by atoms with E-state index in [2.05, 4.69) is 99.5 Å². The maximum absolute atomic E-state index is 13.2. The van der Waals surface area contributed by atoms with E-state index in [0.717, 1.165) is 14.0 Å². The van der Waals surface area contributed by atoms with E-state index in [-0.39, 0.29) is 20.0 Å². The average molecular weight is 445 g/mol. The van der Waals surface area contributed by atoms with Gasteiger partial charge in [0.15, 0.2) is 0 Å². The third kappa shape index (κ3) is 6.87. The van der Waals surface area contributed by atoms with E-state index in [9.17, 15) is 4.32 Å². The number of hydrogen-bond donors (Lipinski definition) is 0. The van der Waals surface area contributed by atoms with Gasteiger partial charge in [-0.05, 0) is 25.9 Å². The summed E-state index contributed by atoms with van der Waals surface area (Å²) in [5.74, 6) is 1.37. The van der Waals surface area contributed by atoms with Crippen LogP contribution in [-0.4, -0.2) is 25.4 Å². The van der Waals surface area contributed by atoms with Crippen molar-refractivity contribution in [1.29, 1.82) is 0 Å². The molecule has 0 heterocycles. The molecule has 0 aromatic heterocycles. The van der Waals surface area contributed by atoms with Crippen molar-refractivity contribution in [3.8, 4) is 0 Å². The van der Waals surface area contributed by atoms with E-state index >= 15 is 0 Å². The molecule has 0 nitrogen and oxygen atoms in total. The molecule has 0 aromatic carbocycles. The van der Waals surface area contributed by atoms with Crippen LogP contribution in [0.5, 0.6) is 0 Å². The Morgan fingerprint density at radius 1 is 0.875 bits per heavy atom. The van der Waals surface area contributed by atoms with Gasteiger partial charge in [-0.3, -0.25) is 0 Å². The first-order valence-corrected chi connectivity index (χ1v) is 10.4. The van der Waals surface area contributed by atoms with Crippen molar-refractivity contribution in [3.63, 3.8) is 0 Å². The summed E-state index contributed by atoms with van der Waals surface area (Å²) in [6.07, 6.45) is 1.13. The standard InChI is InChI=1S/C19H38B3FI/c1-13(2)20-14(3)16(5,6)12-17(7,8)19(11,24)21-15(4)18(9,10)22-23/h13-15H,12H2,1-11H3. The summed E-state index contributed by atoms with van der Waals surface area (Å²) < 4.78 is 13.2. The molecule has 0 saturated carbocycles. The molecule has 0 saturated heterocycles. The Morgan fingerprint density at radius 3 is 1.71 bits per heavy atom. The van der Waals surface area contributed by atoms with Crippen molar-refractivity contribution < 1.29 is 4.32 Å². The molecule has 0 aliphatic heterocycles. The van der Waals surface area contributed by atoms with E-state index in [1.54, 1.807) is 0 Å². The predicted octanol–water partition coefficient (Wildman–Crippen LogP) is 7.22. The highest BCUT2D eigenvalue weighted by molar-refractivity contribution is 14.1. The summed E-state index contributed by atoms with van der Waals surface area (Å²) in [6.45, 7) is 24.7. The highest BCUT2D eigenvalue weighted by Crippen LogP contribution is 2.52. The molecule has 24 heavy (non-hydrogen) atoms. The van der Waals surface area contributed by atoms with Crippen LogP contribution in [0.2, 0.25) is 22.8 Å². The zero-order chi connectivity index (χ0) is 19.6. The molecule has 0 amide bonds. The van der Waals surface area contributed by atoms with Gasteiger partial charge in [-0.25, -0.2) is 0 Å². The third-order valence-corrected chi connectivity index (χ3v) is 7.96. The molecule has 0 rings (SSSR count). The van der Waals surface area contributed by atoms with E-state index in [4.69, 9.17) is 0 Å². The molecule has 5 heteroatoms. The molecule has 0 spiro atoms. The molecule has 3 unspecified atom stereocenters. The quantitative estimate of drug-likeness (QED) is 0.189. The Hall–Kier alpha value is 0.855. The van der Waals surface area contributed by atoms with Crippen molar-refractivity contribution in [1.82, 2.24) is 0 Å². The zero-order valence-electron chi connectivity index (χ0n) is 17.9. The van der Waals surface area contributed by atoms with Crippen molar-refractivity contribution >= 4 is 44.7 Å². The van der Waals surface area contributed by atoms with Crippen LogP contribution < -0.4 is 0 Å². The second-order valence-corrected chi connectivity index (χ2v) is 12.5. The van der Waals surface area contributed by atoms with Crippen LogP contribution in [0.3, 0.4) is 0 Å². The van der Waals surface area contributed by atoms with Gasteiger partial charge >= 0.3 is 7.56 Å². The smallest absolute Gasteiger partial charge is 0.342 e. The van der Waals surface area contributed by atoms with Crippen LogP contribution in [0, 0.1) is 10.8 Å². The topological polar surface area (TPSA) is 0 Å². The third-order valence-electron chi connectivity index (χ3n) is 6.14. The summed E-state index contributed by atoms with van der Waals surface area (Å²) >= 11 is 2.58. The van der Waals surface area contributed by atoms with E-state index in [1.807, 2.05) is 13.8 Å². The normalized spacial score (nSPS) is 18.8. The van der Waals surface area contributed by atoms with Crippen molar-refractivity contribution in [2.75, 3.05) is 0 Å². The first-order chi connectivity index (χ1) is 10.5. The highest BCUT2D eigenvalue weighted by Gasteiger charge is 2.46. The van der Waals surface area contributed by atoms with Gasteiger partial charge in [0.2, 0.25) is 0 Å². The minimum Gasteiger partial charge on any atom is -0.342 e. The van der Waals surface area contributed by atoms with E-state index < -0.39 is 5.31 Å². The number of rotatable bonds is 10. The molecule has 3 atom stereocenters. The van der Waals surface area contributed by atoms with Gasteiger partial charge in [-0.2, -0.15) is 0 Å². The summed E-state index contributed by atoms with van der Waals surface area (Å²) in [5, 5.41) is -0.420. The van der Waals surface area contributed by atoms with Crippen LogP contribution in [0.1, 0.15) is 82.6 Å². The lowest BCUT2D eigenvalue weighted by Gasteiger charge is -2.49. The van der Waals surface area contributed by atoms with Gasteiger partial charge in [-0.1, -0.05) is 116 Å². The molecule has 0 fully saturated rings. The summed E-state index contributed by atoms with van der Waals surface area (Å²) in [7, 11) is 5.67. The lowest BCUT2D eigenvalue weighted by Crippen LogP contribution is -2.47. The lowest BCUT2D eigenvalue weighted by molar-refractivity contribution is 0.179. The van der Waals surface area contributed by atoms with Crippen LogP contribution >= 0.6 is 22.6 Å². The van der Waals surface area contributed by atoms with E-state index in [0.29, 0.717) is 11.6 Å². The first-order valence-electron chi connectivity index (χ1n) is 9.33. The second kappa shape index (κ2) is 8.70. The molecule has 3 radical (unpaired) electrons. The average Bonchev–Trinajstić information content (AvgIpc) is 2.35. The fourth-order valence-electron chi connectivity index (χ4n) is 3.32. The van der Waals surface area contributed by atoms with Gasteiger partial charge in [0.25, 0.3) is 0 Å². The lowest BCUT2D eigenvalue weighted by atomic mass is 9.38. The minimum absolute atomic E-state index is 0.000717. The van der Waals surface area contributed by atoms with Crippen molar-refractivity contribution in [3.05, 3.63) is 0 Å². The molecular weight excluding hydrogens is 407 g/mol. The largest absolute Gasteiger partial charge is 0.360 e. The van der Waals surface area contributed by atoms with Crippen LogP contribution in [0.4, 0.5) is 4.32 Å². The van der Waals surface area contributed by atoms with Crippen LogP contribution in [-0.2, 0) is 0 Å². The number of hydrogen-bond acceptors (Lipinski definition) is 0. The maximum atomic E-state index is 13.2. The zero-order valence-corrected chi connectivity index (χ0v) is 20.1. The van der Waals surface area contributed by atoms with Gasteiger partial charge in [0.1, 0.15) is 14.6 Å². The Balaban J connectivity index is 5.20. The molecule has 0 N–H and O–H groups in total. The number of halogens is 2. The maximum Gasteiger partial charge on any atom is 0.360 e. The Morgan fingerprint density at radius 2 is 1.33 bits per heavy atom. The summed E-state index contributed by atoms with van der Waals surface area (Å²) in [5.41, 5.74) is 0.357. The number of alkyl halides is 1. The molecule has 0 aromatic rings. The molecule has 137 valence electrons. The Bertz CT molecular complexity index is 392. The monoisotopic (exact) mass is 445 g/mol.